The molecule has 1 fully saturated rings. The minimum atomic E-state index is -3.42. The molecule has 1 rings (SSSR count). The van der Waals surface area contributed by atoms with Crippen molar-refractivity contribution in [1.29, 1.82) is 0 Å². The van der Waals surface area contributed by atoms with Crippen LogP contribution >= 0.6 is 0 Å². The molecule has 108 valence electrons. The number of nitrogens with zero attached hydrogens (tertiary/aromatic N) is 2. The van der Waals surface area contributed by atoms with Crippen molar-refractivity contribution in [2.45, 2.75) is 32.2 Å². The Morgan fingerprint density at radius 1 is 1.50 bits per heavy atom. The van der Waals surface area contributed by atoms with Crippen LogP contribution in [0.5, 0.6) is 0 Å². The molecule has 18 heavy (non-hydrogen) atoms. The molecule has 0 aliphatic carbocycles. The van der Waals surface area contributed by atoms with E-state index in [0.717, 1.165) is 32.5 Å². The minimum absolute atomic E-state index is 0.000256. The van der Waals surface area contributed by atoms with E-state index in [2.05, 4.69) is 16.5 Å². The lowest BCUT2D eigenvalue weighted by molar-refractivity contribution is 0.209. The topological polar surface area (TPSA) is 72.9 Å². The molecular weight excluding hydrogens is 254 g/mol. The van der Waals surface area contributed by atoms with Gasteiger partial charge in [-0.25, -0.2) is 0 Å². The van der Waals surface area contributed by atoms with E-state index in [0.29, 0.717) is 13.0 Å². The second-order valence-electron chi connectivity index (χ2n) is 4.75. The molecule has 0 bridgehead atoms. The Kier molecular flexibility index (Phi) is 6.51. The van der Waals surface area contributed by atoms with Gasteiger partial charge in [0.25, 0.3) is 10.2 Å². The minimum Gasteiger partial charge on any atom is -0.396 e. The molecule has 1 aliphatic rings. The fourth-order valence-electron chi connectivity index (χ4n) is 2.15. The van der Waals surface area contributed by atoms with Crippen LogP contribution < -0.4 is 4.72 Å². The molecule has 6 nitrogen and oxygen atoms in total. The van der Waals surface area contributed by atoms with Crippen LogP contribution in [0, 0.1) is 0 Å². The highest BCUT2D eigenvalue weighted by Gasteiger charge is 2.25. The summed E-state index contributed by atoms with van der Waals surface area (Å²) in [5.74, 6) is 0. The van der Waals surface area contributed by atoms with Gasteiger partial charge in [0.1, 0.15) is 0 Å². The third kappa shape index (κ3) is 4.81. The second-order valence-corrected chi connectivity index (χ2v) is 6.56. The average Bonchev–Trinajstić information content (AvgIpc) is 2.35. The molecule has 0 aromatic heterocycles. The van der Waals surface area contributed by atoms with E-state index in [9.17, 15) is 8.42 Å². The molecule has 0 amide bonds. The third-order valence-electron chi connectivity index (χ3n) is 3.31. The molecular formula is C11H25N3O3S. The van der Waals surface area contributed by atoms with Crippen molar-refractivity contribution in [2.24, 2.45) is 0 Å². The van der Waals surface area contributed by atoms with Crippen molar-refractivity contribution in [1.82, 2.24) is 13.9 Å². The number of hydrogen-bond donors (Lipinski definition) is 2. The maximum absolute atomic E-state index is 12.0. The van der Waals surface area contributed by atoms with Crippen LogP contribution in [0.4, 0.5) is 0 Å². The summed E-state index contributed by atoms with van der Waals surface area (Å²) < 4.78 is 28.0. The fourth-order valence-corrected chi connectivity index (χ4v) is 3.32. The Bertz CT molecular complexity index is 334. The van der Waals surface area contributed by atoms with Gasteiger partial charge in [0.05, 0.1) is 0 Å². The zero-order valence-electron chi connectivity index (χ0n) is 11.3. The number of aliphatic hydroxyl groups is 1. The largest absolute Gasteiger partial charge is 0.396 e. The van der Waals surface area contributed by atoms with E-state index in [1.165, 1.54) is 4.31 Å². The summed E-state index contributed by atoms with van der Waals surface area (Å²) in [4.78, 5) is 2.25. The molecule has 1 saturated heterocycles. The van der Waals surface area contributed by atoms with E-state index >= 15 is 0 Å². The molecule has 0 aromatic carbocycles. The highest BCUT2D eigenvalue weighted by molar-refractivity contribution is 7.87. The zero-order chi connectivity index (χ0) is 13.6. The van der Waals surface area contributed by atoms with Crippen molar-refractivity contribution in [3.63, 3.8) is 0 Å². The van der Waals surface area contributed by atoms with Gasteiger partial charge in [-0.05, 0) is 32.4 Å². The van der Waals surface area contributed by atoms with Crippen molar-refractivity contribution >= 4 is 10.2 Å². The lowest BCUT2D eigenvalue weighted by atomic mass is 10.1. The van der Waals surface area contributed by atoms with Gasteiger partial charge in [0, 0.05) is 32.8 Å². The first kappa shape index (κ1) is 15.8. The maximum Gasteiger partial charge on any atom is 0.279 e. The number of rotatable bonds is 7. The monoisotopic (exact) mass is 279 g/mol. The van der Waals surface area contributed by atoms with Crippen molar-refractivity contribution in [3.05, 3.63) is 0 Å². The van der Waals surface area contributed by atoms with Gasteiger partial charge in [-0.3, -0.25) is 0 Å². The maximum atomic E-state index is 12.0. The molecule has 2 N–H and O–H groups in total. The third-order valence-corrected chi connectivity index (χ3v) is 4.94. The summed E-state index contributed by atoms with van der Waals surface area (Å²) in [6.07, 6.45) is 2.38. The Morgan fingerprint density at radius 2 is 2.22 bits per heavy atom. The summed E-state index contributed by atoms with van der Waals surface area (Å²) in [6.45, 7) is 5.23. The first-order valence-corrected chi connectivity index (χ1v) is 8.00. The average molecular weight is 279 g/mol. The molecule has 0 saturated carbocycles. The van der Waals surface area contributed by atoms with Gasteiger partial charge in [-0.2, -0.15) is 17.4 Å². The quantitative estimate of drug-likeness (QED) is 0.666. The van der Waals surface area contributed by atoms with Crippen LogP contribution in [-0.2, 0) is 10.2 Å². The van der Waals surface area contributed by atoms with E-state index < -0.39 is 10.2 Å². The number of aliphatic hydroxyl groups excluding tert-OH is 1. The molecule has 1 heterocycles. The molecule has 1 aliphatic heterocycles. The van der Waals surface area contributed by atoms with Gasteiger partial charge in [-0.15, -0.1) is 0 Å². The van der Waals surface area contributed by atoms with Crippen molar-refractivity contribution in [3.8, 4) is 0 Å². The van der Waals surface area contributed by atoms with Gasteiger partial charge in [0.2, 0.25) is 0 Å². The number of likely N-dealkylation sites (tertiary alicyclic amines) is 1. The van der Waals surface area contributed by atoms with Gasteiger partial charge in [-0.1, -0.05) is 6.92 Å². The number of likely N-dealkylation sites (N-methyl/N-ethyl adjacent to an activating group) is 1. The summed E-state index contributed by atoms with van der Waals surface area (Å²) in [5, 5.41) is 8.72. The van der Waals surface area contributed by atoms with Crippen molar-refractivity contribution < 1.29 is 13.5 Å². The van der Waals surface area contributed by atoms with Gasteiger partial charge in [0.15, 0.2) is 0 Å². The molecule has 0 radical (unpaired) electrons. The van der Waals surface area contributed by atoms with E-state index in [-0.39, 0.29) is 12.6 Å². The lowest BCUT2D eigenvalue weighted by Crippen LogP contribution is -2.51. The van der Waals surface area contributed by atoms with Crippen LogP contribution in [0.15, 0.2) is 0 Å². The predicted octanol–water partition coefficient (Wildman–Crippen LogP) is -0.381. The standard InChI is InChI=1S/C11H25N3O3S/c1-3-14-8-4-6-11(10-14)12-18(16,17)13(2)7-5-9-15/h11-12,15H,3-10H2,1-2H3. The van der Waals surface area contributed by atoms with Gasteiger partial charge >= 0.3 is 0 Å². The molecule has 1 unspecified atom stereocenters. The smallest absolute Gasteiger partial charge is 0.279 e. The fraction of sp³-hybridized carbons (Fsp3) is 1.00. The lowest BCUT2D eigenvalue weighted by Gasteiger charge is -2.33. The molecule has 1 atom stereocenters. The first-order chi connectivity index (χ1) is 8.49. The Balaban J connectivity index is 2.48. The molecule has 7 heteroatoms. The Labute approximate surface area is 110 Å². The van der Waals surface area contributed by atoms with Crippen LogP contribution in [-0.4, -0.2) is 68.6 Å². The molecule has 0 spiro atoms. The van der Waals surface area contributed by atoms with E-state index in [4.69, 9.17) is 5.11 Å². The highest BCUT2D eigenvalue weighted by Crippen LogP contribution is 2.11. The summed E-state index contributed by atoms with van der Waals surface area (Å²) in [7, 11) is -1.88. The number of hydrogen-bond acceptors (Lipinski definition) is 4. The van der Waals surface area contributed by atoms with Crippen LogP contribution in [0.2, 0.25) is 0 Å². The first-order valence-electron chi connectivity index (χ1n) is 6.56. The Morgan fingerprint density at radius 3 is 2.83 bits per heavy atom. The van der Waals surface area contributed by atoms with E-state index in [1.807, 2.05) is 0 Å². The Hall–Kier alpha value is -0.210. The van der Waals surface area contributed by atoms with Crippen LogP contribution in [0.25, 0.3) is 0 Å². The second kappa shape index (κ2) is 7.40. The number of piperidine rings is 1. The van der Waals surface area contributed by atoms with Crippen molar-refractivity contribution in [2.75, 3.05) is 39.8 Å². The van der Waals surface area contributed by atoms with Gasteiger partial charge < -0.3 is 10.0 Å². The van der Waals surface area contributed by atoms with E-state index in [1.54, 1.807) is 7.05 Å². The predicted molar refractivity (Wildman–Crippen MR) is 71.5 cm³/mol. The SMILES string of the molecule is CCN1CCCC(NS(=O)(=O)N(C)CCCO)C1. The van der Waals surface area contributed by atoms with Crippen LogP contribution in [0.1, 0.15) is 26.2 Å². The zero-order valence-corrected chi connectivity index (χ0v) is 12.1. The summed E-state index contributed by atoms with van der Waals surface area (Å²) >= 11 is 0. The van der Waals surface area contributed by atoms with Crippen LogP contribution in [0.3, 0.4) is 0 Å². The highest BCUT2D eigenvalue weighted by atomic mass is 32.2. The molecule has 0 aromatic rings. The summed E-state index contributed by atoms with van der Waals surface area (Å²) in [5.41, 5.74) is 0. The normalized spacial score (nSPS) is 22.6. The summed E-state index contributed by atoms with van der Waals surface area (Å²) in [6, 6.07) is 0.000256. The number of nitrogens with one attached hydrogen (secondary N) is 1.